The highest BCUT2D eigenvalue weighted by Crippen LogP contribution is 2.31. The fourth-order valence-corrected chi connectivity index (χ4v) is 4.00. The van der Waals surface area contributed by atoms with Crippen molar-refractivity contribution in [3.8, 4) is 0 Å². The number of aliphatic hydroxyl groups is 1. The van der Waals surface area contributed by atoms with E-state index >= 15 is 0 Å². The topological polar surface area (TPSA) is 49.3 Å². The number of benzene rings is 1. The summed E-state index contributed by atoms with van der Waals surface area (Å²) in [5.74, 6) is 0.480. The Morgan fingerprint density at radius 2 is 2.29 bits per heavy atom. The Hall–Kier alpha value is -0.780. The van der Waals surface area contributed by atoms with Crippen LogP contribution in [0.5, 0.6) is 0 Å². The first-order valence-electron chi connectivity index (χ1n) is 6.79. The van der Waals surface area contributed by atoms with Gasteiger partial charge in [-0.3, -0.25) is 4.79 Å². The third kappa shape index (κ3) is 3.71. The van der Waals surface area contributed by atoms with Gasteiger partial charge in [-0.1, -0.05) is 31.5 Å². The molecule has 1 aliphatic rings. The summed E-state index contributed by atoms with van der Waals surface area (Å²) in [6, 6.07) is 4.25. The van der Waals surface area contributed by atoms with Crippen LogP contribution in [-0.2, 0) is 10.2 Å². The molecule has 0 bridgehead atoms. The first-order valence-corrected chi connectivity index (χ1v) is 8.32. The minimum absolute atomic E-state index is 0.324. The number of carbonyl (C=O) groups is 1. The van der Waals surface area contributed by atoms with Gasteiger partial charge in [0.15, 0.2) is 5.60 Å². The summed E-state index contributed by atoms with van der Waals surface area (Å²) in [6.45, 7) is 4.16. The Balaban J connectivity index is 2.05. The number of thioether (sulfide) groups is 1. The molecule has 21 heavy (non-hydrogen) atoms. The maximum Gasteiger partial charge on any atom is 0.252 e. The van der Waals surface area contributed by atoms with Gasteiger partial charge >= 0.3 is 0 Å². The van der Waals surface area contributed by atoms with Gasteiger partial charge in [-0.2, -0.15) is 11.8 Å². The van der Waals surface area contributed by atoms with E-state index in [2.05, 4.69) is 5.32 Å². The first-order chi connectivity index (χ1) is 9.74. The van der Waals surface area contributed by atoms with Crippen LogP contribution >= 0.6 is 23.4 Å². The number of amides is 1. The zero-order valence-electron chi connectivity index (χ0n) is 12.1. The number of carbonyl (C=O) groups excluding carboxylic acids is 1. The minimum Gasteiger partial charge on any atom is -0.379 e. The van der Waals surface area contributed by atoms with Gasteiger partial charge in [0.05, 0.1) is 0 Å². The largest absolute Gasteiger partial charge is 0.379 e. The lowest BCUT2D eigenvalue weighted by atomic mass is 9.84. The van der Waals surface area contributed by atoms with E-state index < -0.39 is 11.0 Å². The van der Waals surface area contributed by atoms with E-state index in [1.54, 1.807) is 17.8 Å². The molecule has 6 heteroatoms. The van der Waals surface area contributed by atoms with E-state index in [-0.39, 0.29) is 11.7 Å². The van der Waals surface area contributed by atoms with Crippen molar-refractivity contribution in [2.24, 2.45) is 0 Å². The minimum atomic E-state index is -1.27. The molecule has 1 atom stereocenters. The van der Waals surface area contributed by atoms with Crippen LogP contribution in [0.25, 0.3) is 0 Å². The van der Waals surface area contributed by atoms with Crippen LogP contribution in [0.15, 0.2) is 18.2 Å². The fraction of sp³-hybridized carbons (Fsp3) is 0.533. The molecule has 1 unspecified atom stereocenters. The van der Waals surface area contributed by atoms with Crippen molar-refractivity contribution in [2.45, 2.75) is 31.3 Å². The Labute approximate surface area is 133 Å². The van der Waals surface area contributed by atoms with Crippen molar-refractivity contribution in [3.05, 3.63) is 34.6 Å². The molecule has 116 valence electrons. The second kappa shape index (κ2) is 6.15. The van der Waals surface area contributed by atoms with Gasteiger partial charge in [0.1, 0.15) is 5.82 Å². The number of halogens is 2. The van der Waals surface area contributed by atoms with Gasteiger partial charge in [0.25, 0.3) is 5.91 Å². The van der Waals surface area contributed by atoms with Crippen LogP contribution in [0, 0.1) is 5.82 Å². The molecule has 2 rings (SSSR count). The van der Waals surface area contributed by atoms with Gasteiger partial charge in [-0.25, -0.2) is 4.39 Å². The number of nitrogens with one attached hydrogen (secondary N) is 1. The summed E-state index contributed by atoms with van der Waals surface area (Å²) in [5, 5.41) is 13.3. The number of hydrogen-bond acceptors (Lipinski definition) is 3. The molecule has 0 aliphatic carbocycles. The van der Waals surface area contributed by atoms with Crippen LogP contribution in [0.4, 0.5) is 4.39 Å². The van der Waals surface area contributed by atoms with Crippen LogP contribution < -0.4 is 5.32 Å². The molecule has 0 radical (unpaired) electrons. The molecule has 0 aromatic heterocycles. The third-order valence-electron chi connectivity index (χ3n) is 3.77. The molecule has 1 heterocycles. The Morgan fingerprint density at radius 1 is 1.57 bits per heavy atom. The Morgan fingerprint density at radius 3 is 2.86 bits per heavy atom. The molecule has 1 aromatic rings. The van der Waals surface area contributed by atoms with Crippen molar-refractivity contribution in [3.63, 3.8) is 0 Å². The quantitative estimate of drug-likeness (QED) is 0.892. The first kappa shape index (κ1) is 16.6. The molecule has 1 amide bonds. The molecule has 1 aliphatic heterocycles. The second-order valence-electron chi connectivity index (χ2n) is 6.02. The van der Waals surface area contributed by atoms with Crippen LogP contribution in [0.3, 0.4) is 0 Å². The highest BCUT2D eigenvalue weighted by atomic mass is 35.5. The van der Waals surface area contributed by atoms with Gasteiger partial charge in [-0.15, -0.1) is 0 Å². The van der Waals surface area contributed by atoms with Crippen LogP contribution in [0.2, 0.25) is 5.02 Å². The fourth-order valence-electron chi connectivity index (χ4n) is 2.33. The highest BCUT2D eigenvalue weighted by molar-refractivity contribution is 7.99. The molecule has 1 fully saturated rings. The maximum absolute atomic E-state index is 13.1. The summed E-state index contributed by atoms with van der Waals surface area (Å²) in [5.41, 5.74) is -0.964. The van der Waals surface area contributed by atoms with Crippen molar-refractivity contribution in [2.75, 3.05) is 18.1 Å². The molecule has 2 N–H and O–H groups in total. The van der Waals surface area contributed by atoms with Crippen molar-refractivity contribution in [1.82, 2.24) is 5.32 Å². The van der Waals surface area contributed by atoms with Crippen LogP contribution in [-0.4, -0.2) is 34.7 Å². The number of rotatable bonds is 4. The van der Waals surface area contributed by atoms with Crippen molar-refractivity contribution in [1.29, 1.82) is 0 Å². The monoisotopic (exact) mass is 331 g/mol. The zero-order valence-corrected chi connectivity index (χ0v) is 13.7. The summed E-state index contributed by atoms with van der Waals surface area (Å²) >= 11 is 7.65. The predicted molar refractivity (Wildman–Crippen MR) is 84.3 cm³/mol. The summed E-state index contributed by atoms with van der Waals surface area (Å²) < 4.78 is 13.1. The molecular weight excluding hydrogens is 313 g/mol. The standard InChI is InChI=1S/C15H19ClFNO2S/c1-14(2,11-4-3-10(17)7-12(11)16)8-18-13(19)15(20)5-6-21-9-15/h3-4,7,20H,5-6,8-9H2,1-2H3,(H,18,19). The third-order valence-corrected chi connectivity index (χ3v) is 5.26. The van der Waals surface area contributed by atoms with Gasteiger partial charge < -0.3 is 10.4 Å². The van der Waals surface area contributed by atoms with E-state index in [1.165, 1.54) is 12.1 Å². The van der Waals surface area contributed by atoms with Gasteiger partial charge in [-0.05, 0) is 29.9 Å². The molecule has 3 nitrogen and oxygen atoms in total. The highest BCUT2D eigenvalue weighted by Gasteiger charge is 2.40. The molecule has 0 spiro atoms. The molecular formula is C15H19ClFNO2S. The van der Waals surface area contributed by atoms with Gasteiger partial charge in [0, 0.05) is 22.7 Å². The SMILES string of the molecule is CC(C)(CNC(=O)C1(O)CCSC1)c1ccc(F)cc1Cl. The summed E-state index contributed by atoms with van der Waals surface area (Å²) in [4.78, 5) is 12.1. The van der Waals surface area contributed by atoms with E-state index in [0.29, 0.717) is 23.7 Å². The van der Waals surface area contributed by atoms with Crippen LogP contribution in [0.1, 0.15) is 25.8 Å². The van der Waals surface area contributed by atoms with Gasteiger partial charge in [0.2, 0.25) is 0 Å². The molecule has 1 aromatic carbocycles. The van der Waals surface area contributed by atoms with E-state index in [1.807, 2.05) is 13.8 Å². The lowest BCUT2D eigenvalue weighted by Gasteiger charge is -2.29. The smallest absolute Gasteiger partial charge is 0.252 e. The van der Waals surface area contributed by atoms with Crippen molar-refractivity contribution < 1.29 is 14.3 Å². The normalized spacial score (nSPS) is 22.3. The lowest BCUT2D eigenvalue weighted by molar-refractivity contribution is -0.137. The number of hydrogen-bond donors (Lipinski definition) is 2. The summed E-state index contributed by atoms with van der Waals surface area (Å²) in [7, 11) is 0. The molecule has 0 saturated carbocycles. The zero-order chi connectivity index (χ0) is 15.7. The average molecular weight is 332 g/mol. The van der Waals surface area contributed by atoms with E-state index in [9.17, 15) is 14.3 Å². The second-order valence-corrected chi connectivity index (χ2v) is 7.54. The Bertz CT molecular complexity index is 544. The van der Waals surface area contributed by atoms with Crippen molar-refractivity contribution >= 4 is 29.3 Å². The maximum atomic E-state index is 13.1. The van der Waals surface area contributed by atoms with E-state index in [4.69, 9.17) is 11.6 Å². The summed E-state index contributed by atoms with van der Waals surface area (Å²) in [6.07, 6.45) is 0.473. The lowest BCUT2D eigenvalue weighted by Crippen LogP contribution is -2.50. The average Bonchev–Trinajstić information content (AvgIpc) is 2.84. The van der Waals surface area contributed by atoms with E-state index in [0.717, 1.165) is 11.3 Å². The molecule has 1 saturated heterocycles. The Kier molecular flexibility index (Phi) is 4.85. The predicted octanol–water partition coefficient (Wildman–Crippen LogP) is 2.74.